The minimum Gasteiger partial charge on any atom is -0.492 e. The van der Waals surface area contributed by atoms with Crippen LogP contribution >= 0.6 is 0 Å². The molecule has 0 saturated carbocycles. The van der Waals surface area contributed by atoms with Gasteiger partial charge in [0.25, 0.3) is 0 Å². The van der Waals surface area contributed by atoms with E-state index < -0.39 is 5.97 Å². The predicted octanol–water partition coefficient (Wildman–Crippen LogP) is 2.11. The van der Waals surface area contributed by atoms with Gasteiger partial charge in [-0.05, 0) is 37.4 Å². The fourth-order valence-electron chi connectivity index (χ4n) is 1.32. The van der Waals surface area contributed by atoms with Gasteiger partial charge in [-0.1, -0.05) is 19.1 Å². The summed E-state index contributed by atoms with van der Waals surface area (Å²) < 4.78 is 5.58. The summed E-state index contributed by atoms with van der Waals surface area (Å²) in [5.41, 5.74) is 0.843. The molecule has 1 rings (SSSR count). The average molecular weight is 249 g/mol. The lowest BCUT2D eigenvalue weighted by Gasteiger charge is -2.14. The summed E-state index contributed by atoms with van der Waals surface area (Å²) in [6.07, 6.45) is 2.67. The lowest BCUT2D eigenvalue weighted by molar-refractivity contribution is -0.131. The molecule has 0 saturated heterocycles. The smallest absolute Gasteiger partial charge is 0.328 e. The van der Waals surface area contributed by atoms with Gasteiger partial charge in [-0.25, -0.2) is 4.79 Å². The third-order valence-corrected chi connectivity index (χ3v) is 2.58. The second kappa shape index (κ2) is 7.50. The number of carbonyl (C=O) groups is 1. The van der Waals surface area contributed by atoms with Crippen molar-refractivity contribution in [2.75, 3.05) is 26.7 Å². The summed E-state index contributed by atoms with van der Waals surface area (Å²) in [7, 11) is 2.04. The van der Waals surface area contributed by atoms with Gasteiger partial charge >= 0.3 is 5.97 Å². The summed E-state index contributed by atoms with van der Waals surface area (Å²) in [6.45, 7) is 4.64. The molecule has 1 N–H and O–H groups in total. The van der Waals surface area contributed by atoms with E-state index >= 15 is 0 Å². The Labute approximate surface area is 107 Å². The van der Waals surface area contributed by atoms with Gasteiger partial charge in [0.1, 0.15) is 12.4 Å². The first-order valence-corrected chi connectivity index (χ1v) is 5.94. The molecule has 98 valence electrons. The van der Waals surface area contributed by atoms with Crippen molar-refractivity contribution in [3.05, 3.63) is 35.9 Å². The zero-order valence-corrected chi connectivity index (χ0v) is 10.8. The molecule has 0 fully saturated rings. The molecule has 0 atom stereocenters. The van der Waals surface area contributed by atoms with Crippen molar-refractivity contribution in [1.82, 2.24) is 4.90 Å². The van der Waals surface area contributed by atoms with Gasteiger partial charge in [0.15, 0.2) is 0 Å². The van der Waals surface area contributed by atoms with E-state index in [1.165, 1.54) is 0 Å². The van der Waals surface area contributed by atoms with Crippen LogP contribution in [0.25, 0.3) is 6.08 Å². The molecule has 0 bridgehead atoms. The first-order valence-electron chi connectivity index (χ1n) is 5.94. The molecule has 0 radical (unpaired) electrons. The van der Waals surface area contributed by atoms with E-state index in [0.717, 1.165) is 30.5 Å². The van der Waals surface area contributed by atoms with Crippen molar-refractivity contribution in [2.45, 2.75) is 6.92 Å². The van der Waals surface area contributed by atoms with E-state index in [1.54, 1.807) is 6.08 Å². The molecule has 1 aromatic rings. The Balaban J connectivity index is 2.43. The number of ether oxygens (including phenoxy) is 1. The molecule has 0 amide bonds. The average Bonchev–Trinajstić information content (AvgIpc) is 2.37. The van der Waals surface area contributed by atoms with Gasteiger partial charge in [0, 0.05) is 12.6 Å². The van der Waals surface area contributed by atoms with Gasteiger partial charge in [-0.3, -0.25) is 0 Å². The molecule has 18 heavy (non-hydrogen) atoms. The Hall–Kier alpha value is -1.81. The number of benzene rings is 1. The molecule has 0 spiro atoms. The minimum atomic E-state index is -0.946. The molecule has 0 unspecified atom stereocenters. The van der Waals surface area contributed by atoms with Gasteiger partial charge in [0.2, 0.25) is 0 Å². The minimum absolute atomic E-state index is 0.647. The predicted molar refractivity (Wildman–Crippen MR) is 71.8 cm³/mol. The highest BCUT2D eigenvalue weighted by atomic mass is 16.5. The lowest BCUT2D eigenvalue weighted by Crippen LogP contribution is -2.23. The van der Waals surface area contributed by atoms with Crippen LogP contribution in [0.5, 0.6) is 5.75 Å². The third-order valence-electron chi connectivity index (χ3n) is 2.58. The maximum absolute atomic E-state index is 10.4. The van der Waals surface area contributed by atoms with Crippen molar-refractivity contribution >= 4 is 12.0 Å². The second-order valence-electron chi connectivity index (χ2n) is 3.98. The molecular formula is C14H19NO3. The number of likely N-dealkylation sites (N-methyl/N-ethyl adjacent to an activating group) is 1. The van der Waals surface area contributed by atoms with Gasteiger partial charge in [0.05, 0.1) is 0 Å². The third kappa shape index (κ3) is 5.50. The van der Waals surface area contributed by atoms with E-state index in [9.17, 15) is 4.79 Å². The highest BCUT2D eigenvalue weighted by Gasteiger charge is 1.97. The number of aliphatic carboxylic acids is 1. The highest BCUT2D eigenvalue weighted by Crippen LogP contribution is 2.13. The topological polar surface area (TPSA) is 49.8 Å². The van der Waals surface area contributed by atoms with Crippen molar-refractivity contribution in [3.63, 3.8) is 0 Å². The maximum atomic E-state index is 10.4. The first-order chi connectivity index (χ1) is 8.61. The van der Waals surface area contributed by atoms with E-state index in [-0.39, 0.29) is 0 Å². The van der Waals surface area contributed by atoms with Crippen LogP contribution in [-0.4, -0.2) is 42.7 Å². The summed E-state index contributed by atoms with van der Waals surface area (Å²) in [5, 5.41) is 8.50. The Morgan fingerprint density at radius 2 is 2.06 bits per heavy atom. The van der Waals surface area contributed by atoms with Crippen LogP contribution in [0, 0.1) is 0 Å². The normalized spacial score (nSPS) is 11.1. The van der Waals surface area contributed by atoms with Gasteiger partial charge in [-0.2, -0.15) is 0 Å². The Kier molecular flexibility index (Phi) is 5.94. The van der Waals surface area contributed by atoms with Crippen LogP contribution in [0.3, 0.4) is 0 Å². The summed E-state index contributed by atoms with van der Waals surface area (Å²) in [4.78, 5) is 12.5. The van der Waals surface area contributed by atoms with E-state index in [2.05, 4.69) is 11.8 Å². The SMILES string of the molecule is CCN(C)CCOc1ccc(/C=C/C(=O)O)cc1. The Morgan fingerprint density at radius 1 is 1.39 bits per heavy atom. The molecule has 0 aliphatic rings. The summed E-state index contributed by atoms with van der Waals surface area (Å²) >= 11 is 0. The lowest BCUT2D eigenvalue weighted by atomic mass is 10.2. The van der Waals surface area contributed by atoms with Crippen LogP contribution < -0.4 is 4.74 Å². The molecule has 1 aromatic carbocycles. The monoisotopic (exact) mass is 249 g/mol. The largest absolute Gasteiger partial charge is 0.492 e. The maximum Gasteiger partial charge on any atom is 0.328 e. The number of hydrogen-bond donors (Lipinski definition) is 1. The van der Waals surface area contributed by atoms with Crippen molar-refractivity contribution in [1.29, 1.82) is 0 Å². The number of carboxylic acid groups (broad SMARTS) is 1. The molecule has 0 aliphatic heterocycles. The zero-order valence-electron chi connectivity index (χ0n) is 10.8. The molecule has 0 aliphatic carbocycles. The number of carboxylic acids is 1. The number of nitrogens with zero attached hydrogens (tertiary/aromatic N) is 1. The van der Waals surface area contributed by atoms with Crippen LogP contribution in [0.4, 0.5) is 0 Å². The Morgan fingerprint density at radius 3 is 2.61 bits per heavy atom. The van der Waals surface area contributed by atoms with Crippen LogP contribution in [-0.2, 0) is 4.79 Å². The van der Waals surface area contributed by atoms with Gasteiger partial charge < -0.3 is 14.7 Å². The summed E-state index contributed by atoms with van der Waals surface area (Å²) in [6, 6.07) is 7.34. The highest BCUT2D eigenvalue weighted by molar-refractivity contribution is 5.85. The van der Waals surface area contributed by atoms with Crippen molar-refractivity contribution < 1.29 is 14.6 Å². The van der Waals surface area contributed by atoms with E-state index in [1.807, 2.05) is 31.3 Å². The van der Waals surface area contributed by atoms with Crippen molar-refractivity contribution in [3.8, 4) is 5.75 Å². The second-order valence-corrected chi connectivity index (χ2v) is 3.98. The quantitative estimate of drug-likeness (QED) is 0.752. The van der Waals surface area contributed by atoms with Gasteiger partial charge in [-0.15, -0.1) is 0 Å². The molecule has 4 heteroatoms. The molecular weight excluding hydrogens is 230 g/mol. The first kappa shape index (κ1) is 14.3. The van der Waals surface area contributed by atoms with Crippen LogP contribution in [0.15, 0.2) is 30.3 Å². The molecule has 0 heterocycles. The van der Waals surface area contributed by atoms with Crippen LogP contribution in [0.1, 0.15) is 12.5 Å². The van der Waals surface area contributed by atoms with E-state index in [4.69, 9.17) is 9.84 Å². The Bertz CT molecular complexity index is 398. The van der Waals surface area contributed by atoms with Crippen molar-refractivity contribution in [2.24, 2.45) is 0 Å². The molecule has 0 aromatic heterocycles. The number of hydrogen-bond acceptors (Lipinski definition) is 3. The fourth-order valence-corrected chi connectivity index (χ4v) is 1.32. The zero-order chi connectivity index (χ0) is 13.4. The molecule has 4 nitrogen and oxygen atoms in total. The fraction of sp³-hybridized carbons (Fsp3) is 0.357. The van der Waals surface area contributed by atoms with E-state index in [0.29, 0.717) is 6.61 Å². The number of rotatable bonds is 7. The standard InChI is InChI=1S/C14H19NO3/c1-3-15(2)10-11-18-13-7-4-12(5-8-13)6-9-14(16)17/h4-9H,3,10-11H2,1-2H3,(H,16,17)/b9-6+. The van der Waals surface area contributed by atoms with Crippen LogP contribution in [0.2, 0.25) is 0 Å². The summed E-state index contributed by atoms with van der Waals surface area (Å²) in [5.74, 6) is -0.148.